The molecule has 16 heavy (non-hydrogen) atoms. The average Bonchev–Trinajstić information content (AvgIpc) is 2.38. The molecule has 1 heteroatoms. The number of hydrogen-bond donors (Lipinski definition) is 0. The van der Waals surface area contributed by atoms with Gasteiger partial charge < -0.3 is 0 Å². The summed E-state index contributed by atoms with van der Waals surface area (Å²) in [5, 5.41) is 9.29. The number of nitrogens with zero attached hydrogens (tertiary/aromatic N) is 1. The summed E-state index contributed by atoms with van der Waals surface area (Å²) in [5.74, 6) is 1.31. The molecule has 0 amide bonds. The lowest BCUT2D eigenvalue weighted by Gasteiger charge is -2.23. The van der Waals surface area contributed by atoms with Crippen molar-refractivity contribution in [1.29, 1.82) is 5.26 Å². The van der Waals surface area contributed by atoms with E-state index >= 15 is 0 Å². The van der Waals surface area contributed by atoms with Crippen molar-refractivity contribution < 1.29 is 0 Å². The van der Waals surface area contributed by atoms with Gasteiger partial charge in [-0.25, -0.2) is 0 Å². The molecule has 0 saturated heterocycles. The topological polar surface area (TPSA) is 23.8 Å². The predicted octanol–water partition coefficient (Wildman–Crippen LogP) is 4.60. The van der Waals surface area contributed by atoms with Gasteiger partial charge in [0.2, 0.25) is 0 Å². The fraction of sp³-hybridized carbons (Fsp3) is 0.800. The average molecular weight is 217 g/mol. The molecule has 0 aromatic heterocycles. The highest BCUT2D eigenvalue weighted by Gasteiger charge is 2.19. The Hall–Kier alpha value is -0.770. The van der Waals surface area contributed by atoms with Crippen molar-refractivity contribution in [2.45, 2.75) is 64.2 Å². The molecule has 0 aromatic rings. The van der Waals surface area contributed by atoms with E-state index in [0.717, 1.165) is 5.57 Å². The van der Waals surface area contributed by atoms with Crippen LogP contribution in [-0.4, -0.2) is 0 Å². The summed E-state index contributed by atoms with van der Waals surface area (Å²) in [4.78, 5) is 0. The zero-order valence-electron chi connectivity index (χ0n) is 10.3. The van der Waals surface area contributed by atoms with Crippen molar-refractivity contribution in [2.75, 3.05) is 0 Å². The van der Waals surface area contributed by atoms with Gasteiger partial charge in [0.05, 0.1) is 6.07 Å². The summed E-state index contributed by atoms with van der Waals surface area (Å²) in [6.07, 6.45) is 15.6. The fourth-order valence-corrected chi connectivity index (χ4v) is 3.23. The minimum atomic E-state index is 0.598. The molecule has 2 aliphatic carbocycles. The maximum Gasteiger partial charge on any atom is 0.0946 e. The molecule has 0 bridgehead atoms. The van der Waals surface area contributed by atoms with E-state index < -0.39 is 0 Å². The van der Waals surface area contributed by atoms with Crippen LogP contribution in [0.1, 0.15) is 64.2 Å². The fourth-order valence-electron chi connectivity index (χ4n) is 3.23. The Morgan fingerprint density at radius 2 is 1.44 bits per heavy atom. The van der Waals surface area contributed by atoms with E-state index in [-0.39, 0.29) is 0 Å². The van der Waals surface area contributed by atoms with E-state index in [0.29, 0.717) is 11.8 Å². The van der Waals surface area contributed by atoms with E-state index in [2.05, 4.69) is 12.1 Å². The first-order chi connectivity index (χ1) is 7.90. The second-order valence-electron chi connectivity index (χ2n) is 5.47. The minimum Gasteiger partial charge on any atom is -0.193 e. The van der Waals surface area contributed by atoms with Gasteiger partial charge in [-0.3, -0.25) is 0 Å². The molecule has 0 N–H and O–H groups in total. The third-order valence-electron chi connectivity index (χ3n) is 4.24. The molecule has 2 saturated carbocycles. The molecule has 0 atom stereocenters. The van der Waals surface area contributed by atoms with Gasteiger partial charge in [0.15, 0.2) is 0 Å². The highest BCUT2D eigenvalue weighted by molar-refractivity contribution is 5.25. The first kappa shape index (κ1) is 11.7. The smallest absolute Gasteiger partial charge is 0.0946 e. The normalized spacial score (nSPS) is 25.3. The van der Waals surface area contributed by atoms with E-state index in [1.54, 1.807) is 0 Å². The van der Waals surface area contributed by atoms with Gasteiger partial charge in [-0.05, 0) is 37.5 Å². The van der Waals surface area contributed by atoms with Crippen LogP contribution in [0, 0.1) is 23.2 Å². The number of allylic oxidation sites excluding steroid dienone is 2. The zero-order chi connectivity index (χ0) is 11.2. The summed E-state index contributed by atoms with van der Waals surface area (Å²) < 4.78 is 0. The van der Waals surface area contributed by atoms with E-state index in [9.17, 15) is 5.26 Å². The van der Waals surface area contributed by atoms with Gasteiger partial charge >= 0.3 is 0 Å². The van der Waals surface area contributed by atoms with Crippen LogP contribution in [0.3, 0.4) is 0 Å². The molecule has 0 heterocycles. The Morgan fingerprint density at radius 1 is 0.875 bits per heavy atom. The molecule has 0 unspecified atom stereocenters. The van der Waals surface area contributed by atoms with Crippen LogP contribution in [0.15, 0.2) is 11.6 Å². The van der Waals surface area contributed by atoms with Gasteiger partial charge in [-0.1, -0.05) is 44.6 Å². The summed E-state index contributed by atoms with van der Waals surface area (Å²) in [7, 11) is 0. The van der Waals surface area contributed by atoms with Crippen LogP contribution in [0.5, 0.6) is 0 Å². The van der Waals surface area contributed by atoms with Gasteiger partial charge in [0.1, 0.15) is 0 Å². The van der Waals surface area contributed by atoms with Crippen molar-refractivity contribution >= 4 is 0 Å². The van der Waals surface area contributed by atoms with Crippen molar-refractivity contribution in [3.63, 3.8) is 0 Å². The second kappa shape index (κ2) is 6.09. The minimum absolute atomic E-state index is 0.598. The number of hydrogen-bond acceptors (Lipinski definition) is 1. The molecule has 0 radical (unpaired) electrons. The lowest BCUT2D eigenvalue weighted by molar-refractivity contribution is 0.392. The molecule has 2 aliphatic rings. The molecule has 0 aromatic carbocycles. The molecular weight excluding hydrogens is 194 g/mol. The van der Waals surface area contributed by atoms with E-state index in [1.165, 1.54) is 64.2 Å². The molecular formula is C15H23N. The van der Waals surface area contributed by atoms with Crippen molar-refractivity contribution in [3.8, 4) is 6.07 Å². The second-order valence-corrected chi connectivity index (χ2v) is 5.47. The molecule has 2 fully saturated rings. The highest BCUT2D eigenvalue weighted by atomic mass is 14.3. The van der Waals surface area contributed by atoms with Crippen LogP contribution in [0.25, 0.3) is 0 Å². The Bertz CT molecular complexity index is 272. The SMILES string of the molecule is N#CC(=CC1CCCCC1)C1CCCCC1. The molecule has 0 aliphatic heterocycles. The summed E-state index contributed by atoms with van der Waals surface area (Å²) in [5.41, 5.74) is 1.12. The van der Waals surface area contributed by atoms with Crippen LogP contribution < -0.4 is 0 Å². The zero-order valence-corrected chi connectivity index (χ0v) is 10.3. The van der Waals surface area contributed by atoms with Crippen LogP contribution in [-0.2, 0) is 0 Å². The first-order valence-electron chi connectivity index (χ1n) is 7.02. The predicted molar refractivity (Wildman–Crippen MR) is 66.8 cm³/mol. The molecule has 1 nitrogen and oxygen atoms in total. The molecule has 0 spiro atoms. The maximum absolute atomic E-state index is 9.29. The first-order valence-corrected chi connectivity index (χ1v) is 7.02. The van der Waals surface area contributed by atoms with Gasteiger partial charge in [-0.15, -0.1) is 0 Å². The van der Waals surface area contributed by atoms with E-state index in [4.69, 9.17) is 0 Å². The Balaban J connectivity index is 1.96. The highest BCUT2D eigenvalue weighted by Crippen LogP contribution is 2.32. The molecule has 2 rings (SSSR count). The Kier molecular flexibility index (Phi) is 4.45. The quantitative estimate of drug-likeness (QED) is 0.620. The Morgan fingerprint density at radius 3 is 2.00 bits per heavy atom. The van der Waals surface area contributed by atoms with Crippen molar-refractivity contribution in [1.82, 2.24) is 0 Å². The van der Waals surface area contributed by atoms with Gasteiger partial charge in [-0.2, -0.15) is 5.26 Å². The van der Waals surface area contributed by atoms with Gasteiger partial charge in [0, 0.05) is 5.57 Å². The largest absolute Gasteiger partial charge is 0.193 e. The maximum atomic E-state index is 9.29. The molecule has 88 valence electrons. The van der Waals surface area contributed by atoms with Crippen molar-refractivity contribution in [3.05, 3.63) is 11.6 Å². The summed E-state index contributed by atoms with van der Waals surface area (Å²) >= 11 is 0. The summed E-state index contributed by atoms with van der Waals surface area (Å²) in [6, 6.07) is 2.48. The van der Waals surface area contributed by atoms with Crippen molar-refractivity contribution in [2.24, 2.45) is 11.8 Å². The monoisotopic (exact) mass is 217 g/mol. The summed E-state index contributed by atoms with van der Waals surface area (Å²) in [6.45, 7) is 0. The van der Waals surface area contributed by atoms with Crippen LogP contribution >= 0.6 is 0 Å². The third kappa shape index (κ3) is 3.11. The lowest BCUT2D eigenvalue weighted by atomic mass is 9.81. The van der Waals surface area contributed by atoms with Crippen LogP contribution in [0.2, 0.25) is 0 Å². The van der Waals surface area contributed by atoms with Gasteiger partial charge in [0.25, 0.3) is 0 Å². The number of rotatable bonds is 2. The lowest BCUT2D eigenvalue weighted by Crippen LogP contribution is -2.11. The van der Waals surface area contributed by atoms with Crippen LogP contribution in [0.4, 0.5) is 0 Å². The Labute approximate surface area is 99.5 Å². The number of nitriles is 1. The standard InChI is InChI=1S/C15H23N/c16-12-15(14-9-5-2-6-10-14)11-13-7-3-1-4-8-13/h11,13-14H,1-10H2. The third-order valence-corrected chi connectivity index (χ3v) is 4.24. The van der Waals surface area contributed by atoms with E-state index in [1.807, 2.05) is 0 Å².